The summed E-state index contributed by atoms with van der Waals surface area (Å²) in [7, 11) is 0. The number of aryl methyl sites for hydroxylation is 2. The molecule has 0 fully saturated rings. The maximum atomic E-state index is 12.8. The van der Waals surface area contributed by atoms with Crippen LogP contribution >= 0.6 is 15.9 Å². The Kier molecular flexibility index (Phi) is 7.94. The molecule has 2 N–H and O–H groups in total. The van der Waals surface area contributed by atoms with Crippen LogP contribution in [0.3, 0.4) is 0 Å². The lowest BCUT2D eigenvalue weighted by Crippen LogP contribution is -2.43. The highest BCUT2D eigenvalue weighted by Crippen LogP contribution is 2.17. The number of unbranched alkanes of at least 4 members (excludes halogenated alkanes) is 2. The van der Waals surface area contributed by atoms with Gasteiger partial charge in [-0.3, -0.25) is 25.2 Å². The number of hydrogen-bond acceptors (Lipinski definition) is 4. The van der Waals surface area contributed by atoms with Crippen LogP contribution in [0.25, 0.3) is 10.8 Å². The van der Waals surface area contributed by atoms with Crippen LogP contribution in [0.2, 0.25) is 0 Å². The van der Waals surface area contributed by atoms with Crippen molar-refractivity contribution in [2.24, 2.45) is 0 Å². The lowest BCUT2D eigenvalue weighted by atomic mass is 10.1. The molecule has 0 aliphatic carbocycles. The van der Waals surface area contributed by atoms with Crippen LogP contribution in [0.15, 0.2) is 57.8 Å². The molecule has 3 rings (SSSR count). The summed E-state index contributed by atoms with van der Waals surface area (Å²) in [5, 5.41) is 5.18. The minimum absolute atomic E-state index is 0.109. The van der Waals surface area contributed by atoms with Crippen molar-refractivity contribution in [2.75, 3.05) is 0 Å². The van der Waals surface area contributed by atoms with Crippen LogP contribution in [0.5, 0.6) is 0 Å². The van der Waals surface area contributed by atoms with Gasteiger partial charge >= 0.3 is 0 Å². The number of benzene rings is 2. The van der Waals surface area contributed by atoms with Crippen molar-refractivity contribution in [3.8, 4) is 0 Å². The van der Waals surface area contributed by atoms with Crippen molar-refractivity contribution < 1.29 is 9.59 Å². The first-order valence-corrected chi connectivity index (χ1v) is 11.1. The van der Waals surface area contributed by atoms with E-state index in [1.807, 2.05) is 24.3 Å². The summed E-state index contributed by atoms with van der Waals surface area (Å²) in [5.41, 5.74) is 5.77. The van der Waals surface area contributed by atoms with Gasteiger partial charge in [-0.1, -0.05) is 72.1 Å². The largest absolute Gasteiger partial charge is 0.290 e. The number of rotatable bonds is 8. The molecule has 162 valence electrons. The normalized spacial score (nSPS) is 10.8. The first-order valence-electron chi connectivity index (χ1n) is 10.3. The van der Waals surface area contributed by atoms with Gasteiger partial charge in [0.2, 0.25) is 5.91 Å². The number of amides is 2. The third-order valence-corrected chi connectivity index (χ3v) is 5.72. The molecule has 2 amide bonds. The van der Waals surface area contributed by atoms with E-state index in [4.69, 9.17) is 0 Å². The molecule has 0 aliphatic heterocycles. The highest BCUT2D eigenvalue weighted by atomic mass is 79.9. The van der Waals surface area contributed by atoms with E-state index in [0.717, 1.165) is 29.3 Å². The Morgan fingerprint density at radius 1 is 1.00 bits per heavy atom. The average molecular weight is 485 g/mol. The van der Waals surface area contributed by atoms with Gasteiger partial charge in [-0.15, -0.1) is 0 Å². The van der Waals surface area contributed by atoms with Gasteiger partial charge in [0.05, 0.1) is 5.39 Å². The molecule has 0 radical (unpaired) electrons. The van der Waals surface area contributed by atoms with Crippen LogP contribution in [-0.4, -0.2) is 21.6 Å². The lowest BCUT2D eigenvalue weighted by Gasteiger charge is -2.12. The van der Waals surface area contributed by atoms with Crippen molar-refractivity contribution in [3.63, 3.8) is 0 Å². The maximum Gasteiger partial charge on any atom is 0.290 e. The number of halogens is 1. The average Bonchev–Trinajstić information content (AvgIpc) is 2.78. The molecule has 2 aromatic carbocycles. The monoisotopic (exact) mass is 484 g/mol. The fraction of sp³-hybridized carbons (Fsp3) is 0.304. The molecule has 1 heterocycles. The quantitative estimate of drug-likeness (QED) is 0.376. The Morgan fingerprint density at radius 2 is 1.71 bits per heavy atom. The number of nitrogens with zero attached hydrogens (tertiary/aromatic N) is 2. The molecule has 0 saturated heterocycles. The number of carbonyl (C=O) groups is 2. The van der Waals surface area contributed by atoms with Crippen molar-refractivity contribution in [1.29, 1.82) is 0 Å². The summed E-state index contributed by atoms with van der Waals surface area (Å²) >= 11 is 3.46. The number of hydrazine groups is 1. The van der Waals surface area contributed by atoms with E-state index < -0.39 is 5.91 Å². The molecule has 0 spiro atoms. The Morgan fingerprint density at radius 3 is 2.45 bits per heavy atom. The van der Waals surface area contributed by atoms with E-state index in [2.05, 4.69) is 38.8 Å². The second-order valence-corrected chi connectivity index (χ2v) is 8.08. The van der Waals surface area contributed by atoms with Gasteiger partial charge in [0.25, 0.3) is 11.5 Å². The summed E-state index contributed by atoms with van der Waals surface area (Å²) in [6.45, 7) is 2.52. The minimum atomic E-state index is -0.560. The topological polar surface area (TPSA) is 93.1 Å². The highest BCUT2D eigenvalue weighted by molar-refractivity contribution is 9.10. The van der Waals surface area contributed by atoms with Gasteiger partial charge in [0, 0.05) is 22.8 Å². The van der Waals surface area contributed by atoms with Gasteiger partial charge in [0.15, 0.2) is 5.69 Å². The van der Waals surface area contributed by atoms with Crippen molar-refractivity contribution >= 4 is 38.5 Å². The van der Waals surface area contributed by atoms with E-state index in [9.17, 15) is 14.4 Å². The molecule has 7 nitrogen and oxygen atoms in total. The number of nitrogens with one attached hydrogen (secondary N) is 2. The zero-order chi connectivity index (χ0) is 22.2. The van der Waals surface area contributed by atoms with Gasteiger partial charge in [-0.2, -0.15) is 5.10 Å². The first-order chi connectivity index (χ1) is 15.0. The number of hydrogen-bond donors (Lipinski definition) is 2. The van der Waals surface area contributed by atoms with E-state index >= 15 is 0 Å². The fourth-order valence-corrected chi connectivity index (χ4v) is 3.75. The van der Waals surface area contributed by atoms with Crippen LogP contribution < -0.4 is 16.4 Å². The van der Waals surface area contributed by atoms with Crippen LogP contribution in [0.1, 0.15) is 48.7 Å². The molecule has 3 aromatic rings. The minimum Gasteiger partial charge on any atom is -0.273 e. The molecular formula is C23H25BrN4O3. The van der Waals surface area contributed by atoms with Gasteiger partial charge in [-0.05, 0) is 30.5 Å². The first kappa shape index (κ1) is 22.7. The van der Waals surface area contributed by atoms with Crippen molar-refractivity contribution in [3.05, 3.63) is 74.6 Å². The van der Waals surface area contributed by atoms with Crippen molar-refractivity contribution in [2.45, 2.75) is 45.6 Å². The molecule has 31 heavy (non-hydrogen) atoms. The molecule has 0 unspecified atom stereocenters. The summed E-state index contributed by atoms with van der Waals surface area (Å²) in [4.78, 5) is 37.7. The molecule has 8 heteroatoms. The third kappa shape index (κ3) is 5.79. The van der Waals surface area contributed by atoms with Gasteiger partial charge < -0.3 is 0 Å². The highest BCUT2D eigenvalue weighted by Gasteiger charge is 2.17. The third-order valence-electron chi connectivity index (χ3n) is 4.95. The summed E-state index contributed by atoms with van der Waals surface area (Å²) in [6.07, 6.45) is 3.53. The van der Waals surface area contributed by atoms with Crippen molar-refractivity contribution in [1.82, 2.24) is 20.6 Å². The molecule has 0 bridgehead atoms. The molecule has 0 aliphatic rings. The number of aromatic nitrogens is 2. The van der Waals surface area contributed by atoms with E-state index in [0.29, 0.717) is 23.7 Å². The standard InChI is InChI=1S/C23H25BrN4O3/c1-2-3-8-15-28-23(31)18-11-6-5-10-17(18)21(27-28)22(30)26-25-20(29)14-13-16-9-4-7-12-19(16)24/h4-7,9-12H,2-3,8,13-15H2,1H3,(H,25,29)(H,26,30). The van der Waals surface area contributed by atoms with Gasteiger partial charge in [-0.25, -0.2) is 4.68 Å². The fourth-order valence-electron chi connectivity index (χ4n) is 3.26. The summed E-state index contributed by atoms with van der Waals surface area (Å²) < 4.78 is 2.27. The van der Waals surface area contributed by atoms with Crippen LogP contribution in [0.4, 0.5) is 0 Å². The van der Waals surface area contributed by atoms with E-state index in [1.54, 1.807) is 24.3 Å². The molecule has 0 atom stereocenters. The maximum absolute atomic E-state index is 12.8. The summed E-state index contributed by atoms with van der Waals surface area (Å²) in [6, 6.07) is 14.5. The molecule has 1 aromatic heterocycles. The molecule has 0 saturated carbocycles. The lowest BCUT2D eigenvalue weighted by molar-refractivity contribution is -0.121. The van der Waals surface area contributed by atoms with Crippen LogP contribution in [0, 0.1) is 0 Å². The van der Waals surface area contributed by atoms with E-state index in [1.165, 1.54) is 4.68 Å². The molecular weight excluding hydrogens is 460 g/mol. The predicted molar refractivity (Wildman–Crippen MR) is 124 cm³/mol. The van der Waals surface area contributed by atoms with Crippen LogP contribution in [-0.2, 0) is 17.8 Å². The second-order valence-electron chi connectivity index (χ2n) is 7.22. The summed E-state index contributed by atoms with van der Waals surface area (Å²) in [5.74, 6) is -0.876. The second kappa shape index (κ2) is 10.9. The Bertz CT molecular complexity index is 1140. The Balaban J connectivity index is 1.71. The number of fused-ring (bicyclic) bond motifs is 1. The zero-order valence-electron chi connectivity index (χ0n) is 17.4. The Labute approximate surface area is 188 Å². The predicted octanol–water partition coefficient (Wildman–Crippen LogP) is 3.74. The number of carbonyl (C=O) groups excluding carboxylic acids is 2. The SMILES string of the molecule is CCCCCn1nc(C(=O)NNC(=O)CCc2ccccc2Br)c2ccccc2c1=O. The van der Waals surface area contributed by atoms with E-state index in [-0.39, 0.29) is 23.6 Å². The Hall–Kier alpha value is -3.00. The zero-order valence-corrected chi connectivity index (χ0v) is 18.9. The smallest absolute Gasteiger partial charge is 0.273 e. The van der Waals surface area contributed by atoms with Gasteiger partial charge in [0.1, 0.15) is 0 Å².